The number of rotatable bonds is 7. The molecule has 2 aromatic rings. The molecule has 1 N–H and O–H groups in total. The lowest BCUT2D eigenvalue weighted by Crippen LogP contribution is -2.28. The molecule has 2 rings (SSSR count). The Labute approximate surface area is 150 Å². The zero-order chi connectivity index (χ0) is 18.4. The van der Waals surface area contributed by atoms with E-state index >= 15 is 0 Å². The van der Waals surface area contributed by atoms with Gasteiger partial charge in [0.05, 0.1) is 0 Å². The monoisotopic (exact) mass is 340 g/mol. The Hall–Kier alpha value is -2.33. The minimum atomic E-state index is -0.114. The molecule has 2 aromatic carbocycles. The summed E-state index contributed by atoms with van der Waals surface area (Å²) in [6.45, 7) is 7.51. The molecule has 0 bridgehead atoms. The van der Waals surface area contributed by atoms with E-state index in [9.17, 15) is 4.79 Å². The highest BCUT2D eigenvalue weighted by molar-refractivity contribution is 5.77. The van der Waals surface area contributed by atoms with Crippen molar-refractivity contribution in [3.05, 3.63) is 64.2 Å². The van der Waals surface area contributed by atoms with Crippen LogP contribution in [0.25, 0.3) is 0 Å². The van der Waals surface area contributed by atoms with E-state index in [2.05, 4.69) is 41.4 Å². The third kappa shape index (κ3) is 5.91. The maximum atomic E-state index is 12.0. The van der Waals surface area contributed by atoms with Gasteiger partial charge in [0, 0.05) is 13.1 Å². The van der Waals surface area contributed by atoms with E-state index in [4.69, 9.17) is 4.74 Å². The van der Waals surface area contributed by atoms with Crippen molar-refractivity contribution in [1.82, 2.24) is 10.2 Å². The molecule has 0 radical (unpaired) electrons. The highest BCUT2D eigenvalue weighted by Gasteiger charge is 2.08. The highest BCUT2D eigenvalue weighted by atomic mass is 16.5. The maximum Gasteiger partial charge on any atom is 0.258 e. The van der Waals surface area contributed by atoms with Gasteiger partial charge in [0.2, 0.25) is 0 Å². The van der Waals surface area contributed by atoms with Crippen molar-refractivity contribution in [3.63, 3.8) is 0 Å². The molecule has 4 heteroatoms. The van der Waals surface area contributed by atoms with Gasteiger partial charge in [0.1, 0.15) is 5.75 Å². The molecule has 0 fully saturated rings. The Morgan fingerprint density at radius 3 is 2.12 bits per heavy atom. The van der Waals surface area contributed by atoms with Crippen molar-refractivity contribution in [3.8, 4) is 5.75 Å². The molecule has 0 saturated heterocycles. The fourth-order valence-corrected chi connectivity index (χ4v) is 2.91. The Morgan fingerprint density at radius 1 is 1.00 bits per heavy atom. The van der Waals surface area contributed by atoms with Gasteiger partial charge in [0.15, 0.2) is 6.61 Å². The quantitative estimate of drug-likeness (QED) is 0.840. The largest absolute Gasteiger partial charge is 0.483 e. The second-order valence-corrected chi connectivity index (χ2v) is 6.85. The van der Waals surface area contributed by atoms with E-state index in [0.717, 1.165) is 29.0 Å². The van der Waals surface area contributed by atoms with Crippen LogP contribution in [0, 0.1) is 20.8 Å². The standard InChI is InChI=1S/C21H28N2O2/c1-15-10-16(2)21(17(3)11-15)25-14-20(24)22-12-18-6-8-19(9-7-18)13-23(4)5/h6-11H,12-14H2,1-5H3,(H,22,24). The molecule has 0 aromatic heterocycles. The number of nitrogens with zero attached hydrogens (tertiary/aromatic N) is 1. The van der Waals surface area contributed by atoms with E-state index in [1.807, 2.05) is 40.1 Å². The third-order valence-electron chi connectivity index (χ3n) is 3.96. The van der Waals surface area contributed by atoms with Gasteiger partial charge in [-0.3, -0.25) is 4.79 Å². The molecule has 0 aliphatic carbocycles. The Balaban J connectivity index is 1.83. The fourth-order valence-electron chi connectivity index (χ4n) is 2.91. The maximum absolute atomic E-state index is 12.0. The first-order valence-corrected chi connectivity index (χ1v) is 8.55. The van der Waals surface area contributed by atoms with E-state index < -0.39 is 0 Å². The van der Waals surface area contributed by atoms with Gasteiger partial charge in [0.25, 0.3) is 5.91 Å². The summed E-state index contributed by atoms with van der Waals surface area (Å²) in [6, 6.07) is 12.4. The minimum absolute atomic E-state index is 0.0312. The SMILES string of the molecule is Cc1cc(C)c(OCC(=O)NCc2ccc(CN(C)C)cc2)c(C)c1. The van der Waals surface area contributed by atoms with E-state index in [-0.39, 0.29) is 12.5 Å². The normalized spacial score (nSPS) is 10.8. The number of carbonyl (C=O) groups is 1. The summed E-state index contributed by atoms with van der Waals surface area (Å²) in [6.07, 6.45) is 0. The van der Waals surface area contributed by atoms with Crippen molar-refractivity contribution >= 4 is 5.91 Å². The van der Waals surface area contributed by atoms with E-state index in [1.54, 1.807) is 0 Å². The lowest BCUT2D eigenvalue weighted by Gasteiger charge is -2.13. The van der Waals surface area contributed by atoms with Crippen molar-refractivity contribution in [2.45, 2.75) is 33.9 Å². The second kappa shape index (κ2) is 8.67. The van der Waals surface area contributed by atoms with Gasteiger partial charge < -0.3 is 15.0 Å². The van der Waals surface area contributed by atoms with Gasteiger partial charge in [-0.25, -0.2) is 0 Å². The van der Waals surface area contributed by atoms with Gasteiger partial charge >= 0.3 is 0 Å². The summed E-state index contributed by atoms with van der Waals surface area (Å²) in [5.74, 6) is 0.686. The van der Waals surface area contributed by atoms with Crippen LogP contribution in [0.5, 0.6) is 5.75 Å². The minimum Gasteiger partial charge on any atom is -0.483 e. The molecule has 134 valence electrons. The van der Waals surface area contributed by atoms with Crippen molar-refractivity contribution in [2.75, 3.05) is 20.7 Å². The van der Waals surface area contributed by atoms with Crippen LogP contribution in [-0.2, 0) is 17.9 Å². The number of hydrogen-bond acceptors (Lipinski definition) is 3. The van der Waals surface area contributed by atoms with Crippen LogP contribution < -0.4 is 10.1 Å². The highest BCUT2D eigenvalue weighted by Crippen LogP contribution is 2.24. The molecule has 0 aliphatic rings. The predicted octanol–water partition coefficient (Wildman–Crippen LogP) is 3.37. The number of ether oxygens (including phenoxy) is 1. The van der Waals surface area contributed by atoms with Gasteiger partial charge in [-0.15, -0.1) is 0 Å². The summed E-state index contributed by atoms with van der Waals surface area (Å²) in [4.78, 5) is 14.2. The van der Waals surface area contributed by atoms with E-state index in [0.29, 0.717) is 6.54 Å². The molecular formula is C21H28N2O2. The van der Waals surface area contributed by atoms with Crippen LogP contribution in [0.3, 0.4) is 0 Å². The van der Waals surface area contributed by atoms with Crippen molar-refractivity contribution in [2.24, 2.45) is 0 Å². The Morgan fingerprint density at radius 2 is 1.56 bits per heavy atom. The van der Waals surface area contributed by atoms with E-state index in [1.165, 1.54) is 11.1 Å². The third-order valence-corrected chi connectivity index (χ3v) is 3.96. The summed E-state index contributed by atoms with van der Waals surface area (Å²) < 4.78 is 5.72. The Kier molecular flexibility index (Phi) is 6.59. The molecular weight excluding hydrogens is 312 g/mol. The van der Waals surface area contributed by atoms with Crippen LogP contribution in [0.4, 0.5) is 0 Å². The average molecular weight is 340 g/mol. The molecule has 4 nitrogen and oxygen atoms in total. The second-order valence-electron chi connectivity index (χ2n) is 6.85. The lowest BCUT2D eigenvalue weighted by atomic mass is 10.1. The first-order valence-electron chi connectivity index (χ1n) is 8.55. The molecule has 0 saturated carbocycles. The predicted molar refractivity (Wildman–Crippen MR) is 102 cm³/mol. The summed E-state index contributed by atoms with van der Waals surface area (Å²) in [5.41, 5.74) is 5.65. The topological polar surface area (TPSA) is 41.6 Å². The molecule has 0 unspecified atom stereocenters. The number of benzene rings is 2. The lowest BCUT2D eigenvalue weighted by molar-refractivity contribution is -0.123. The first kappa shape index (κ1) is 19.0. The molecule has 1 amide bonds. The number of hydrogen-bond donors (Lipinski definition) is 1. The van der Waals surface area contributed by atoms with Gasteiger partial charge in [-0.1, -0.05) is 42.0 Å². The molecule has 0 aliphatic heterocycles. The molecule has 0 heterocycles. The number of carbonyl (C=O) groups excluding carboxylic acids is 1. The number of amides is 1. The number of aryl methyl sites for hydroxylation is 3. The zero-order valence-electron chi connectivity index (χ0n) is 15.8. The number of nitrogens with one attached hydrogen (secondary N) is 1. The zero-order valence-corrected chi connectivity index (χ0v) is 15.8. The van der Waals surface area contributed by atoms with Crippen LogP contribution in [0.2, 0.25) is 0 Å². The van der Waals surface area contributed by atoms with Crippen LogP contribution in [0.15, 0.2) is 36.4 Å². The first-order chi connectivity index (χ1) is 11.8. The van der Waals surface area contributed by atoms with Crippen molar-refractivity contribution in [1.29, 1.82) is 0 Å². The molecule has 0 spiro atoms. The summed E-state index contributed by atoms with van der Waals surface area (Å²) in [7, 11) is 4.09. The molecule has 25 heavy (non-hydrogen) atoms. The van der Waals surface area contributed by atoms with Gasteiger partial charge in [-0.05, 0) is 57.1 Å². The summed E-state index contributed by atoms with van der Waals surface area (Å²) >= 11 is 0. The smallest absolute Gasteiger partial charge is 0.258 e. The van der Waals surface area contributed by atoms with Crippen LogP contribution in [0.1, 0.15) is 27.8 Å². The summed E-state index contributed by atoms with van der Waals surface area (Å²) in [5, 5.41) is 2.91. The van der Waals surface area contributed by atoms with Crippen LogP contribution in [-0.4, -0.2) is 31.5 Å². The molecule has 0 atom stereocenters. The van der Waals surface area contributed by atoms with Crippen LogP contribution >= 0.6 is 0 Å². The fraction of sp³-hybridized carbons (Fsp3) is 0.381. The Bertz CT molecular complexity index is 698. The average Bonchev–Trinajstić information content (AvgIpc) is 2.52. The van der Waals surface area contributed by atoms with Crippen molar-refractivity contribution < 1.29 is 9.53 Å². The van der Waals surface area contributed by atoms with Gasteiger partial charge in [-0.2, -0.15) is 0 Å².